The smallest absolute Gasteiger partial charge is 0.220 e. The summed E-state index contributed by atoms with van der Waals surface area (Å²) in [7, 11) is 1.90. The molecule has 2 N–H and O–H groups in total. The minimum Gasteiger partial charge on any atom is -0.355 e. The molecule has 0 radical (unpaired) electrons. The molecule has 3 nitrogen and oxygen atoms in total. The summed E-state index contributed by atoms with van der Waals surface area (Å²) >= 11 is 0. The molecule has 0 spiro atoms. The summed E-state index contributed by atoms with van der Waals surface area (Å²) < 4.78 is 0. The lowest BCUT2D eigenvalue weighted by atomic mass is 9.84. The van der Waals surface area contributed by atoms with Crippen molar-refractivity contribution in [3.63, 3.8) is 0 Å². The van der Waals surface area contributed by atoms with E-state index in [2.05, 4.69) is 36.6 Å². The fourth-order valence-electron chi connectivity index (χ4n) is 1.83. The summed E-state index contributed by atoms with van der Waals surface area (Å²) in [5, 5.41) is 6.05. The average molecular weight is 248 g/mol. The van der Waals surface area contributed by atoms with Crippen LogP contribution in [0.2, 0.25) is 0 Å². The van der Waals surface area contributed by atoms with E-state index in [1.54, 1.807) is 0 Å². The second-order valence-corrected chi connectivity index (χ2v) is 5.23. The van der Waals surface area contributed by atoms with Crippen molar-refractivity contribution in [2.45, 2.75) is 32.1 Å². The molecular formula is C15H24N2O. The predicted octanol–water partition coefficient (Wildman–Crippen LogP) is 2.08. The first-order valence-electron chi connectivity index (χ1n) is 6.53. The van der Waals surface area contributed by atoms with Gasteiger partial charge in [0.1, 0.15) is 0 Å². The van der Waals surface area contributed by atoms with E-state index < -0.39 is 0 Å². The van der Waals surface area contributed by atoms with Crippen LogP contribution in [-0.4, -0.2) is 26.0 Å². The first-order chi connectivity index (χ1) is 8.56. The molecule has 1 aromatic rings. The summed E-state index contributed by atoms with van der Waals surface area (Å²) in [5.41, 5.74) is 1.22. The Morgan fingerprint density at radius 1 is 1.22 bits per heavy atom. The number of amides is 1. The van der Waals surface area contributed by atoms with Crippen molar-refractivity contribution < 1.29 is 4.79 Å². The van der Waals surface area contributed by atoms with Crippen LogP contribution in [0.3, 0.4) is 0 Å². The van der Waals surface area contributed by atoms with Crippen LogP contribution in [0.1, 0.15) is 32.3 Å². The van der Waals surface area contributed by atoms with Crippen LogP contribution in [0, 0.1) is 0 Å². The van der Waals surface area contributed by atoms with E-state index in [1.807, 2.05) is 25.2 Å². The number of benzene rings is 1. The van der Waals surface area contributed by atoms with E-state index in [9.17, 15) is 4.79 Å². The molecule has 0 aromatic heterocycles. The molecule has 3 heteroatoms. The maximum absolute atomic E-state index is 11.7. The minimum absolute atomic E-state index is 0.0279. The molecule has 18 heavy (non-hydrogen) atoms. The third kappa shape index (κ3) is 4.88. The molecule has 100 valence electrons. The molecule has 1 aromatic carbocycles. The Morgan fingerprint density at radius 3 is 2.50 bits per heavy atom. The summed E-state index contributed by atoms with van der Waals surface area (Å²) in [5.74, 6) is 0.134. The van der Waals surface area contributed by atoms with E-state index in [0.717, 1.165) is 13.0 Å². The SMILES string of the molecule is CNCCCC(=O)NCC(C)(C)c1ccccc1. The Morgan fingerprint density at radius 2 is 1.89 bits per heavy atom. The van der Waals surface area contributed by atoms with Gasteiger partial charge in [0.05, 0.1) is 0 Å². The Labute approximate surface area is 110 Å². The van der Waals surface area contributed by atoms with Crippen LogP contribution in [0.25, 0.3) is 0 Å². The third-order valence-electron chi connectivity index (χ3n) is 3.11. The van der Waals surface area contributed by atoms with Crippen molar-refractivity contribution in [3.05, 3.63) is 35.9 Å². The molecule has 0 fully saturated rings. The lowest BCUT2D eigenvalue weighted by molar-refractivity contribution is -0.121. The number of hydrogen-bond acceptors (Lipinski definition) is 2. The highest BCUT2D eigenvalue weighted by atomic mass is 16.1. The molecular weight excluding hydrogens is 224 g/mol. The maximum atomic E-state index is 11.7. The van der Waals surface area contributed by atoms with Gasteiger partial charge in [-0.15, -0.1) is 0 Å². The Balaban J connectivity index is 2.40. The van der Waals surface area contributed by atoms with Crippen LogP contribution in [-0.2, 0) is 10.2 Å². The number of hydrogen-bond donors (Lipinski definition) is 2. The number of carbonyl (C=O) groups excluding carboxylic acids is 1. The zero-order valence-corrected chi connectivity index (χ0v) is 11.6. The van der Waals surface area contributed by atoms with E-state index in [1.165, 1.54) is 5.56 Å². The lowest BCUT2D eigenvalue weighted by Gasteiger charge is -2.25. The number of rotatable bonds is 7. The van der Waals surface area contributed by atoms with Gasteiger partial charge in [-0.25, -0.2) is 0 Å². The van der Waals surface area contributed by atoms with Crippen molar-refractivity contribution in [1.82, 2.24) is 10.6 Å². The van der Waals surface area contributed by atoms with Gasteiger partial charge in [0.15, 0.2) is 0 Å². The van der Waals surface area contributed by atoms with Gasteiger partial charge in [0.2, 0.25) is 5.91 Å². The van der Waals surface area contributed by atoms with Gasteiger partial charge in [-0.3, -0.25) is 4.79 Å². The van der Waals surface area contributed by atoms with Gasteiger partial charge in [0.25, 0.3) is 0 Å². The van der Waals surface area contributed by atoms with Crippen molar-refractivity contribution >= 4 is 5.91 Å². The van der Waals surface area contributed by atoms with E-state index in [0.29, 0.717) is 13.0 Å². The largest absolute Gasteiger partial charge is 0.355 e. The fourth-order valence-corrected chi connectivity index (χ4v) is 1.83. The first-order valence-corrected chi connectivity index (χ1v) is 6.53. The van der Waals surface area contributed by atoms with Crippen LogP contribution in [0.5, 0.6) is 0 Å². The summed E-state index contributed by atoms with van der Waals surface area (Å²) in [6, 6.07) is 10.3. The van der Waals surface area contributed by atoms with E-state index >= 15 is 0 Å². The number of carbonyl (C=O) groups is 1. The van der Waals surface area contributed by atoms with Gasteiger partial charge in [-0.2, -0.15) is 0 Å². The average Bonchev–Trinajstić information content (AvgIpc) is 2.38. The predicted molar refractivity (Wildman–Crippen MR) is 75.6 cm³/mol. The van der Waals surface area contributed by atoms with Crippen LogP contribution >= 0.6 is 0 Å². The minimum atomic E-state index is -0.0279. The molecule has 0 saturated heterocycles. The summed E-state index contributed by atoms with van der Waals surface area (Å²) in [6.45, 7) is 5.86. The maximum Gasteiger partial charge on any atom is 0.220 e. The van der Waals surface area contributed by atoms with Crippen molar-refractivity contribution in [2.75, 3.05) is 20.1 Å². The second-order valence-electron chi connectivity index (χ2n) is 5.23. The summed E-state index contributed by atoms with van der Waals surface area (Å²) in [6.07, 6.45) is 1.47. The number of nitrogens with one attached hydrogen (secondary N) is 2. The fraction of sp³-hybridized carbons (Fsp3) is 0.533. The van der Waals surface area contributed by atoms with Crippen molar-refractivity contribution in [3.8, 4) is 0 Å². The van der Waals surface area contributed by atoms with Gasteiger partial charge < -0.3 is 10.6 Å². The third-order valence-corrected chi connectivity index (χ3v) is 3.11. The van der Waals surface area contributed by atoms with Crippen LogP contribution < -0.4 is 10.6 Å². The van der Waals surface area contributed by atoms with Gasteiger partial charge in [0, 0.05) is 18.4 Å². The molecule has 0 atom stereocenters. The molecule has 0 bridgehead atoms. The van der Waals surface area contributed by atoms with E-state index in [-0.39, 0.29) is 11.3 Å². The van der Waals surface area contributed by atoms with E-state index in [4.69, 9.17) is 0 Å². The standard InChI is InChI=1S/C15H24N2O/c1-15(2,13-8-5-4-6-9-13)12-17-14(18)10-7-11-16-3/h4-6,8-9,16H,7,10-12H2,1-3H3,(H,17,18). The highest BCUT2D eigenvalue weighted by molar-refractivity contribution is 5.75. The molecule has 0 aliphatic carbocycles. The Hall–Kier alpha value is -1.35. The van der Waals surface area contributed by atoms with Crippen molar-refractivity contribution in [1.29, 1.82) is 0 Å². The lowest BCUT2D eigenvalue weighted by Crippen LogP contribution is -2.36. The molecule has 1 rings (SSSR count). The quantitative estimate of drug-likeness (QED) is 0.725. The monoisotopic (exact) mass is 248 g/mol. The topological polar surface area (TPSA) is 41.1 Å². The zero-order chi connectivity index (χ0) is 13.4. The second kappa shape index (κ2) is 7.17. The molecule has 0 saturated carbocycles. The Kier molecular flexibility index (Phi) is 5.86. The van der Waals surface area contributed by atoms with Gasteiger partial charge in [-0.05, 0) is 25.6 Å². The Bertz CT molecular complexity index is 360. The first kappa shape index (κ1) is 14.7. The normalized spacial score (nSPS) is 11.3. The summed E-state index contributed by atoms with van der Waals surface area (Å²) in [4.78, 5) is 11.7. The molecule has 0 aliphatic heterocycles. The highest BCUT2D eigenvalue weighted by Crippen LogP contribution is 2.21. The molecule has 0 aliphatic rings. The molecule has 0 heterocycles. The highest BCUT2D eigenvalue weighted by Gasteiger charge is 2.20. The molecule has 1 amide bonds. The van der Waals surface area contributed by atoms with Gasteiger partial charge in [-0.1, -0.05) is 44.2 Å². The van der Waals surface area contributed by atoms with Crippen LogP contribution in [0.4, 0.5) is 0 Å². The molecule has 0 unspecified atom stereocenters. The van der Waals surface area contributed by atoms with Crippen LogP contribution in [0.15, 0.2) is 30.3 Å². The zero-order valence-electron chi connectivity index (χ0n) is 11.6. The van der Waals surface area contributed by atoms with Crippen molar-refractivity contribution in [2.24, 2.45) is 0 Å². The van der Waals surface area contributed by atoms with Gasteiger partial charge >= 0.3 is 0 Å².